The molecule has 16 heavy (non-hydrogen) atoms. The molecule has 3 heterocycles. The molecule has 0 aliphatic heterocycles. The van der Waals surface area contributed by atoms with E-state index in [1.807, 2.05) is 29.0 Å². The van der Waals surface area contributed by atoms with E-state index in [0.717, 1.165) is 22.1 Å². The first kappa shape index (κ1) is 9.99. The van der Waals surface area contributed by atoms with Crippen molar-refractivity contribution in [2.75, 3.05) is 0 Å². The molecular formula is C11H11N3S2. The van der Waals surface area contributed by atoms with Crippen molar-refractivity contribution in [2.45, 2.75) is 20.3 Å². The molecule has 0 amide bonds. The highest BCUT2D eigenvalue weighted by Gasteiger charge is 2.09. The Morgan fingerprint density at radius 1 is 1.31 bits per heavy atom. The summed E-state index contributed by atoms with van der Waals surface area (Å²) in [4.78, 5) is 8.18. The van der Waals surface area contributed by atoms with Gasteiger partial charge < -0.3 is 0 Å². The molecule has 0 saturated heterocycles. The number of nitrogens with zero attached hydrogens (tertiary/aromatic N) is 3. The fraction of sp³-hybridized carbons (Fsp3) is 0.273. The second-order valence-corrected chi connectivity index (χ2v) is 5.92. The SMILES string of the molecule is CCc1ccc(-c2cn3nc(C)sc3n2)s1. The predicted octanol–water partition coefficient (Wildman–Crippen LogP) is 3.39. The Morgan fingerprint density at radius 3 is 2.88 bits per heavy atom. The highest BCUT2D eigenvalue weighted by atomic mass is 32.1. The first-order valence-corrected chi connectivity index (χ1v) is 6.81. The predicted molar refractivity (Wildman–Crippen MR) is 68.3 cm³/mol. The normalized spacial score (nSPS) is 11.4. The minimum Gasteiger partial charge on any atom is -0.217 e. The largest absolute Gasteiger partial charge is 0.217 e. The highest BCUT2D eigenvalue weighted by molar-refractivity contribution is 7.17. The van der Waals surface area contributed by atoms with Crippen LogP contribution in [0.3, 0.4) is 0 Å². The Kier molecular flexibility index (Phi) is 2.29. The van der Waals surface area contributed by atoms with Gasteiger partial charge in [-0.1, -0.05) is 18.3 Å². The summed E-state index contributed by atoms with van der Waals surface area (Å²) < 4.78 is 1.86. The third-order valence-electron chi connectivity index (χ3n) is 2.41. The van der Waals surface area contributed by atoms with Crippen LogP contribution in [0.2, 0.25) is 0 Å². The van der Waals surface area contributed by atoms with E-state index in [-0.39, 0.29) is 0 Å². The van der Waals surface area contributed by atoms with E-state index in [2.05, 4.69) is 29.1 Å². The molecule has 0 aromatic carbocycles. The van der Waals surface area contributed by atoms with E-state index in [9.17, 15) is 0 Å². The Balaban J connectivity index is 2.07. The molecule has 0 aliphatic carbocycles. The molecule has 0 radical (unpaired) electrons. The molecule has 0 saturated carbocycles. The fourth-order valence-electron chi connectivity index (χ4n) is 1.62. The molecule has 3 aromatic heterocycles. The lowest BCUT2D eigenvalue weighted by molar-refractivity contribution is 0.946. The van der Waals surface area contributed by atoms with E-state index < -0.39 is 0 Å². The zero-order valence-corrected chi connectivity index (χ0v) is 10.7. The number of thiophene rings is 1. The number of imidazole rings is 1. The summed E-state index contributed by atoms with van der Waals surface area (Å²) in [6, 6.07) is 4.31. The molecule has 0 N–H and O–H groups in total. The van der Waals surface area contributed by atoms with Gasteiger partial charge in [0.05, 0.1) is 11.1 Å². The summed E-state index contributed by atoms with van der Waals surface area (Å²) in [6.07, 6.45) is 3.09. The van der Waals surface area contributed by atoms with Crippen LogP contribution in [0, 0.1) is 6.92 Å². The molecule has 0 unspecified atom stereocenters. The summed E-state index contributed by atoms with van der Waals surface area (Å²) in [5.74, 6) is 0. The first-order valence-electron chi connectivity index (χ1n) is 5.18. The molecule has 3 aromatic rings. The smallest absolute Gasteiger partial charge is 0.212 e. The van der Waals surface area contributed by atoms with Crippen molar-refractivity contribution in [2.24, 2.45) is 0 Å². The third-order valence-corrected chi connectivity index (χ3v) is 4.50. The lowest BCUT2D eigenvalue weighted by Gasteiger charge is -1.87. The molecule has 82 valence electrons. The van der Waals surface area contributed by atoms with Gasteiger partial charge in [-0.3, -0.25) is 0 Å². The van der Waals surface area contributed by atoms with Crippen molar-refractivity contribution < 1.29 is 0 Å². The monoisotopic (exact) mass is 249 g/mol. The Morgan fingerprint density at radius 2 is 2.19 bits per heavy atom. The zero-order valence-electron chi connectivity index (χ0n) is 9.10. The van der Waals surface area contributed by atoms with E-state index in [4.69, 9.17) is 0 Å². The standard InChI is InChI=1S/C11H11N3S2/c1-3-8-4-5-10(16-8)9-6-14-11(12-9)15-7(2)13-14/h4-6H,3H2,1-2H3. The number of fused-ring (bicyclic) bond motifs is 1. The van der Waals surface area contributed by atoms with Crippen molar-refractivity contribution in [3.63, 3.8) is 0 Å². The van der Waals surface area contributed by atoms with Gasteiger partial charge in [0, 0.05) is 4.88 Å². The van der Waals surface area contributed by atoms with Gasteiger partial charge in [-0.2, -0.15) is 5.10 Å². The van der Waals surface area contributed by atoms with Gasteiger partial charge in [0.1, 0.15) is 10.7 Å². The van der Waals surface area contributed by atoms with Crippen molar-refractivity contribution in [3.8, 4) is 10.6 Å². The van der Waals surface area contributed by atoms with Crippen LogP contribution in [0.5, 0.6) is 0 Å². The molecule has 0 atom stereocenters. The summed E-state index contributed by atoms with van der Waals surface area (Å²) in [5.41, 5.74) is 1.03. The van der Waals surface area contributed by atoms with E-state index in [1.54, 1.807) is 11.3 Å². The maximum atomic E-state index is 4.58. The molecule has 0 fully saturated rings. The number of hydrogen-bond donors (Lipinski definition) is 0. The third kappa shape index (κ3) is 1.56. The van der Waals surface area contributed by atoms with Gasteiger partial charge in [-0.05, 0) is 25.5 Å². The van der Waals surface area contributed by atoms with Gasteiger partial charge in [-0.15, -0.1) is 11.3 Å². The summed E-state index contributed by atoms with van der Waals surface area (Å²) in [5, 5.41) is 5.41. The number of hydrogen-bond acceptors (Lipinski definition) is 4. The lowest BCUT2D eigenvalue weighted by Crippen LogP contribution is -1.79. The zero-order chi connectivity index (χ0) is 11.1. The van der Waals surface area contributed by atoms with Gasteiger partial charge in [0.2, 0.25) is 4.96 Å². The fourth-order valence-corrected chi connectivity index (χ4v) is 3.25. The Labute approximate surface area is 101 Å². The van der Waals surface area contributed by atoms with Crippen molar-refractivity contribution >= 4 is 27.6 Å². The van der Waals surface area contributed by atoms with Crippen LogP contribution in [0.4, 0.5) is 0 Å². The summed E-state index contributed by atoms with van der Waals surface area (Å²) in [7, 11) is 0. The molecular weight excluding hydrogens is 238 g/mol. The van der Waals surface area contributed by atoms with Gasteiger partial charge in [0.15, 0.2) is 0 Å². The highest BCUT2D eigenvalue weighted by Crippen LogP contribution is 2.28. The summed E-state index contributed by atoms with van der Waals surface area (Å²) >= 11 is 3.44. The quantitative estimate of drug-likeness (QED) is 0.697. The Hall–Kier alpha value is -1.20. The topological polar surface area (TPSA) is 30.2 Å². The number of rotatable bonds is 2. The molecule has 0 bridgehead atoms. The average Bonchev–Trinajstić information content (AvgIpc) is 2.88. The van der Waals surface area contributed by atoms with Crippen LogP contribution in [-0.2, 0) is 6.42 Å². The van der Waals surface area contributed by atoms with Gasteiger partial charge >= 0.3 is 0 Å². The minimum atomic E-state index is 0.971. The molecule has 0 spiro atoms. The van der Waals surface area contributed by atoms with Crippen LogP contribution in [0.15, 0.2) is 18.3 Å². The maximum Gasteiger partial charge on any atom is 0.212 e. The van der Waals surface area contributed by atoms with Crippen LogP contribution in [-0.4, -0.2) is 14.6 Å². The molecule has 5 heteroatoms. The van der Waals surface area contributed by atoms with E-state index in [0.29, 0.717) is 0 Å². The molecule has 3 nitrogen and oxygen atoms in total. The average molecular weight is 249 g/mol. The van der Waals surface area contributed by atoms with Gasteiger partial charge in [-0.25, -0.2) is 9.50 Å². The van der Waals surface area contributed by atoms with E-state index in [1.165, 1.54) is 9.75 Å². The van der Waals surface area contributed by atoms with Crippen molar-refractivity contribution in [1.82, 2.24) is 14.6 Å². The molecule has 0 aliphatic rings. The van der Waals surface area contributed by atoms with Crippen LogP contribution < -0.4 is 0 Å². The maximum absolute atomic E-state index is 4.58. The second-order valence-electron chi connectivity index (χ2n) is 3.59. The van der Waals surface area contributed by atoms with Crippen molar-refractivity contribution in [3.05, 3.63) is 28.2 Å². The number of aromatic nitrogens is 3. The van der Waals surface area contributed by atoms with Crippen molar-refractivity contribution in [1.29, 1.82) is 0 Å². The van der Waals surface area contributed by atoms with Crippen LogP contribution in [0.25, 0.3) is 15.5 Å². The van der Waals surface area contributed by atoms with Crippen LogP contribution >= 0.6 is 22.7 Å². The second kappa shape index (κ2) is 3.68. The lowest BCUT2D eigenvalue weighted by atomic mass is 10.3. The minimum absolute atomic E-state index is 0.971. The summed E-state index contributed by atoms with van der Waals surface area (Å²) in [6.45, 7) is 4.17. The Bertz CT molecular complexity index is 601. The van der Waals surface area contributed by atoms with E-state index >= 15 is 0 Å². The van der Waals surface area contributed by atoms with Gasteiger partial charge in [0.25, 0.3) is 0 Å². The first-order chi connectivity index (χ1) is 7.76. The molecule has 3 rings (SSSR count). The van der Waals surface area contributed by atoms with Crippen LogP contribution in [0.1, 0.15) is 16.8 Å². The number of aryl methyl sites for hydroxylation is 2.